The summed E-state index contributed by atoms with van der Waals surface area (Å²) in [6.45, 7) is 3.15. The summed E-state index contributed by atoms with van der Waals surface area (Å²) in [5.41, 5.74) is 1.68. The molecule has 1 fully saturated rings. The van der Waals surface area contributed by atoms with Crippen molar-refractivity contribution in [3.8, 4) is 5.88 Å². The van der Waals surface area contributed by atoms with E-state index in [4.69, 9.17) is 14.6 Å². The maximum absolute atomic E-state index is 8.98. The third kappa shape index (κ3) is 2.02. The number of aliphatic hydroxyl groups excluding tert-OH is 1. The Balaban J connectivity index is 2.11. The summed E-state index contributed by atoms with van der Waals surface area (Å²) in [7, 11) is 0. The van der Waals surface area contributed by atoms with Gasteiger partial charge in [0.15, 0.2) is 0 Å². The van der Waals surface area contributed by atoms with E-state index in [9.17, 15) is 0 Å². The molecular formula is C10H13NO3. The molecule has 1 N–H and O–H groups in total. The van der Waals surface area contributed by atoms with Crippen molar-refractivity contribution in [3.05, 3.63) is 23.4 Å². The van der Waals surface area contributed by atoms with Crippen LogP contribution in [0.25, 0.3) is 0 Å². The van der Waals surface area contributed by atoms with E-state index in [1.165, 1.54) is 0 Å². The first-order chi connectivity index (χ1) is 6.78. The molecule has 1 aliphatic rings. The van der Waals surface area contributed by atoms with Crippen molar-refractivity contribution in [1.82, 2.24) is 4.98 Å². The van der Waals surface area contributed by atoms with Gasteiger partial charge < -0.3 is 14.6 Å². The molecule has 0 unspecified atom stereocenters. The lowest BCUT2D eigenvalue weighted by Crippen LogP contribution is -2.38. The van der Waals surface area contributed by atoms with Crippen LogP contribution in [0.2, 0.25) is 0 Å². The Labute approximate surface area is 82.5 Å². The molecule has 0 aromatic carbocycles. The molecule has 4 heteroatoms. The summed E-state index contributed by atoms with van der Waals surface area (Å²) in [5.74, 6) is 0.572. The van der Waals surface area contributed by atoms with Crippen LogP contribution in [0.15, 0.2) is 12.1 Å². The van der Waals surface area contributed by atoms with Gasteiger partial charge in [-0.2, -0.15) is 0 Å². The minimum atomic E-state index is 0.0148. The van der Waals surface area contributed by atoms with Gasteiger partial charge >= 0.3 is 0 Å². The van der Waals surface area contributed by atoms with Gasteiger partial charge in [-0.3, -0.25) is 0 Å². The lowest BCUT2D eigenvalue weighted by Gasteiger charge is -2.26. The Morgan fingerprint density at radius 2 is 2.36 bits per heavy atom. The van der Waals surface area contributed by atoms with Gasteiger partial charge in [0.05, 0.1) is 19.8 Å². The number of aliphatic hydroxyl groups is 1. The fourth-order valence-corrected chi connectivity index (χ4v) is 1.31. The summed E-state index contributed by atoms with van der Waals surface area (Å²) in [4.78, 5) is 4.21. The molecule has 0 amide bonds. The van der Waals surface area contributed by atoms with Gasteiger partial charge in [0.2, 0.25) is 5.88 Å². The molecule has 1 aromatic rings. The molecule has 1 aliphatic heterocycles. The van der Waals surface area contributed by atoms with E-state index in [1.807, 2.05) is 13.0 Å². The summed E-state index contributed by atoms with van der Waals surface area (Å²) in [5, 5.41) is 8.98. The fourth-order valence-electron chi connectivity index (χ4n) is 1.31. The summed E-state index contributed by atoms with van der Waals surface area (Å²) in [6, 6.07) is 3.59. The molecule has 2 heterocycles. The van der Waals surface area contributed by atoms with E-state index >= 15 is 0 Å². The molecule has 0 spiro atoms. The van der Waals surface area contributed by atoms with Gasteiger partial charge in [-0.1, -0.05) is 0 Å². The van der Waals surface area contributed by atoms with Crippen LogP contribution >= 0.6 is 0 Å². The first-order valence-electron chi connectivity index (χ1n) is 4.61. The minimum Gasteiger partial charge on any atom is -0.469 e. The molecule has 1 aromatic heterocycles. The van der Waals surface area contributed by atoms with Crippen LogP contribution in [0.4, 0.5) is 0 Å². The molecule has 14 heavy (non-hydrogen) atoms. The second kappa shape index (κ2) is 3.94. The molecule has 0 radical (unpaired) electrons. The largest absolute Gasteiger partial charge is 0.469 e. The van der Waals surface area contributed by atoms with E-state index in [0.29, 0.717) is 19.1 Å². The third-order valence-corrected chi connectivity index (χ3v) is 2.07. The SMILES string of the molecule is Cc1cc(CO)cc(OC2COC2)n1. The van der Waals surface area contributed by atoms with Crippen LogP contribution in [0.3, 0.4) is 0 Å². The van der Waals surface area contributed by atoms with Crippen molar-refractivity contribution >= 4 is 0 Å². The number of nitrogens with zero attached hydrogens (tertiary/aromatic N) is 1. The van der Waals surface area contributed by atoms with Gasteiger partial charge in [0.1, 0.15) is 6.10 Å². The molecule has 1 saturated heterocycles. The van der Waals surface area contributed by atoms with Crippen molar-refractivity contribution in [1.29, 1.82) is 0 Å². The standard InChI is InChI=1S/C10H13NO3/c1-7-2-8(4-12)3-10(11-7)14-9-5-13-6-9/h2-3,9,12H,4-6H2,1H3. The highest BCUT2D eigenvalue weighted by Crippen LogP contribution is 2.16. The monoisotopic (exact) mass is 195 g/mol. The van der Waals surface area contributed by atoms with E-state index in [0.717, 1.165) is 11.3 Å². The zero-order valence-electron chi connectivity index (χ0n) is 8.06. The molecule has 0 bridgehead atoms. The van der Waals surface area contributed by atoms with Crippen LogP contribution in [0, 0.1) is 6.92 Å². The van der Waals surface area contributed by atoms with Crippen LogP contribution in [-0.2, 0) is 11.3 Å². The molecule has 2 rings (SSSR count). The smallest absolute Gasteiger partial charge is 0.214 e. The Morgan fingerprint density at radius 3 is 2.93 bits per heavy atom. The summed E-state index contributed by atoms with van der Waals surface area (Å²) >= 11 is 0. The molecule has 0 saturated carbocycles. The molecule has 76 valence electrons. The zero-order valence-corrected chi connectivity index (χ0v) is 8.06. The average molecular weight is 195 g/mol. The molecule has 0 atom stereocenters. The molecular weight excluding hydrogens is 182 g/mol. The topological polar surface area (TPSA) is 51.6 Å². The van der Waals surface area contributed by atoms with Gasteiger partial charge in [-0.15, -0.1) is 0 Å². The van der Waals surface area contributed by atoms with Crippen LogP contribution in [0.1, 0.15) is 11.3 Å². The van der Waals surface area contributed by atoms with E-state index < -0.39 is 0 Å². The average Bonchev–Trinajstić information content (AvgIpc) is 2.10. The van der Waals surface area contributed by atoms with Gasteiger partial charge in [-0.25, -0.2) is 4.98 Å². The Kier molecular flexibility index (Phi) is 2.65. The lowest BCUT2D eigenvalue weighted by molar-refractivity contribution is -0.0814. The van der Waals surface area contributed by atoms with Crippen LogP contribution < -0.4 is 4.74 Å². The summed E-state index contributed by atoms with van der Waals surface area (Å²) < 4.78 is 10.5. The summed E-state index contributed by atoms with van der Waals surface area (Å²) in [6.07, 6.45) is 0.121. The highest BCUT2D eigenvalue weighted by Gasteiger charge is 2.20. The van der Waals surface area contributed by atoms with Crippen molar-refractivity contribution in [3.63, 3.8) is 0 Å². The molecule has 4 nitrogen and oxygen atoms in total. The van der Waals surface area contributed by atoms with Crippen LogP contribution in [-0.4, -0.2) is 29.4 Å². The normalized spacial score (nSPS) is 16.4. The van der Waals surface area contributed by atoms with E-state index in [1.54, 1.807) is 6.07 Å². The van der Waals surface area contributed by atoms with Gasteiger partial charge in [-0.05, 0) is 18.6 Å². The number of hydrogen-bond donors (Lipinski definition) is 1. The third-order valence-electron chi connectivity index (χ3n) is 2.07. The van der Waals surface area contributed by atoms with Crippen molar-refractivity contribution in [2.75, 3.05) is 13.2 Å². The number of ether oxygens (including phenoxy) is 2. The zero-order chi connectivity index (χ0) is 9.97. The Hall–Kier alpha value is -1.13. The number of hydrogen-bond acceptors (Lipinski definition) is 4. The maximum Gasteiger partial charge on any atom is 0.214 e. The van der Waals surface area contributed by atoms with Crippen LogP contribution in [0.5, 0.6) is 5.88 Å². The number of aryl methyl sites for hydroxylation is 1. The number of rotatable bonds is 3. The maximum atomic E-state index is 8.98. The number of pyridine rings is 1. The van der Waals surface area contributed by atoms with Crippen molar-refractivity contribution in [2.45, 2.75) is 19.6 Å². The lowest BCUT2D eigenvalue weighted by atomic mass is 10.2. The fraction of sp³-hybridized carbons (Fsp3) is 0.500. The highest BCUT2D eigenvalue weighted by atomic mass is 16.6. The first-order valence-corrected chi connectivity index (χ1v) is 4.61. The first kappa shape index (κ1) is 9.43. The van der Waals surface area contributed by atoms with Gasteiger partial charge in [0, 0.05) is 11.8 Å². The van der Waals surface area contributed by atoms with E-state index in [-0.39, 0.29) is 12.7 Å². The predicted molar refractivity (Wildman–Crippen MR) is 50.1 cm³/mol. The molecule has 0 aliphatic carbocycles. The quantitative estimate of drug-likeness (QED) is 0.769. The van der Waals surface area contributed by atoms with Crippen molar-refractivity contribution in [2.24, 2.45) is 0 Å². The second-order valence-electron chi connectivity index (χ2n) is 3.39. The Morgan fingerprint density at radius 1 is 1.57 bits per heavy atom. The minimum absolute atomic E-state index is 0.0148. The Bertz CT molecular complexity index is 323. The second-order valence-corrected chi connectivity index (χ2v) is 3.39. The predicted octanol–water partition coefficient (Wildman–Crippen LogP) is 0.660. The van der Waals surface area contributed by atoms with Gasteiger partial charge in [0.25, 0.3) is 0 Å². The highest BCUT2D eigenvalue weighted by molar-refractivity contribution is 5.24. The van der Waals surface area contributed by atoms with Crippen molar-refractivity contribution < 1.29 is 14.6 Å². The number of aromatic nitrogens is 1. The van der Waals surface area contributed by atoms with E-state index in [2.05, 4.69) is 4.98 Å².